The number of rotatable bonds is 6. The van der Waals surface area contributed by atoms with Crippen molar-refractivity contribution in [2.75, 3.05) is 32.2 Å². The molecule has 1 amide bonds. The molecule has 29 heavy (non-hydrogen) atoms. The summed E-state index contributed by atoms with van der Waals surface area (Å²) in [7, 11) is 1.55. The van der Waals surface area contributed by atoms with Gasteiger partial charge in [0.25, 0.3) is 5.91 Å². The van der Waals surface area contributed by atoms with Gasteiger partial charge >= 0.3 is 0 Å². The topological polar surface area (TPSA) is 74.1 Å². The molecule has 7 nitrogen and oxygen atoms in total. The third-order valence-electron chi connectivity index (χ3n) is 5.11. The molecule has 0 spiro atoms. The quantitative estimate of drug-likeness (QED) is 0.685. The van der Waals surface area contributed by atoms with Gasteiger partial charge in [-0.05, 0) is 31.9 Å². The van der Waals surface area contributed by atoms with E-state index in [2.05, 4.69) is 5.32 Å². The summed E-state index contributed by atoms with van der Waals surface area (Å²) in [4.78, 5) is 17.6. The van der Waals surface area contributed by atoms with Crippen molar-refractivity contribution in [3.05, 3.63) is 54.0 Å². The highest BCUT2D eigenvalue weighted by Gasteiger charge is 2.20. The molecule has 0 radical (unpaired) electrons. The standard InChI is InChI=1S/C22H25N3O4/c1-3-29-20-12-21-23-17(15-8-10-28-11-9-15)13-25(21)14-18(20)24-22(26)16-6-4-5-7-19(16)27-2/h4-7,12-15H,3,8-11H2,1-2H3,(H,24,26). The van der Waals surface area contributed by atoms with E-state index in [1.165, 1.54) is 0 Å². The molecule has 1 fully saturated rings. The van der Waals surface area contributed by atoms with Gasteiger partial charge in [-0.2, -0.15) is 0 Å². The number of fused-ring (bicyclic) bond motifs is 1. The van der Waals surface area contributed by atoms with Crippen molar-refractivity contribution < 1.29 is 19.0 Å². The van der Waals surface area contributed by atoms with Crippen LogP contribution >= 0.6 is 0 Å². The van der Waals surface area contributed by atoms with Gasteiger partial charge in [0.15, 0.2) is 0 Å². The van der Waals surface area contributed by atoms with Crippen molar-refractivity contribution in [3.8, 4) is 11.5 Å². The van der Waals surface area contributed by atoms with Gasteiger partial charge in [0.1, 0.15) is 22.8 Å². The zero-order valence-corrected chi connectivity index (χ0v) is 16.7. The van der Waals surface area contributed by atoms with Crippen molar-refractivity contribution >= 4 is 17.2 Å². The summed E-state index contributed by atoms with van der Waals surface area (Å²) >= 11 is 0. The molecule has 2 aromatic heterocycles. The number of para-hydroxylation sites is 1. The van der Waals surface area contributed by atoms with Crippen molar-refractivity contribution in [1.82, 2.24) is 9.38 Å². The van der Waals surface area contributed by atoms with E-state index in [4.69, 9.17) is 19.2 Å². The number of pyridine rings is 1. The van der Waals surface area contributed by atoms with Crippen LogP contribution in [0.3, 0.4) is 0 Å². The number of hydrogen-bond donors (Lipinski definition) is 1. The lowest BCUT2D eigenvalue weighted by molar-refractivity contribution is 0.0846. The molecule has 152 valence electrons. The van der Waals surface area contributed by atoms with Crippen LogP contribution < -0.4 is 14.8 Å². The first-order valence-electron chi connectivity index (χ1n) is 9.87. The average molecular weight is 395 g/mol. The summed E-state index contributed by atoms with van der Waals surface area (Å²) in [5, 5.41) is 2.95. The van der Waals surface area contributed by atoms with Gasteiger partial charge in [0.2, 0.25) is 0 Å². The number of nitrogens with zero attached hydrogens (tertiary/aromatic N) is 2. The number of ether oxygens (including phenoxy) is 3. The molecule has 3 aromatic rings. The Kier molecular flexibility index (Phi) is 5.67. The largest absolute Gasteiger partial charge is 0.496 e. The lowest BCUT2D eigenvalue weighted by Crippen LogP contribution is -2.14. The minimum Gasteiger partial charge on any atom is -0.496 e. The summed E-state index contributed by atoms with van der Waals surface area (Å²) in [5.74, 6) is 1.25. The van der Waals surface area contributed by atoms with Crippen LogP contribution in [0.2, 0.25) is 0 Å². The second-order valence-corrected chi connectivity index (χ2v) is 6.96. The molecule has 3 heterocycles. The Morgan fingerprint density at radius 1 is 1.24 bits per heavy atom. The predicted octanol–water partition coefficient (Wildman–Crippen LogP) is 3.89. The number of nitrogens with one attached hydrogen (secondary N) is 1. The maximum Gasteiger partial charge on any atom is 0.259 e. The van der Waals surface area contributed by atoms with Gasteiger partial charge in [-0.25, -0.2) is 4.98 Å². The molecule has 1 aliphatic rings. The van der Waals surface area contributed by atoms with Crippen molar-refractivity contribution in [2.45, 2.75) is 25.7 Å². The molecule has 7 heteroatoms. The Bertz CT molecular complexity index is 1010. The molecule has 0 atom stereocenters. The fourth-order valence-electron chi connectivity index (χ4n) is 3.62. The zero-order valence-electron chi connectivity index (χ0n) is 16.7. The molecule has 1 aliphatic heterocycles. The number of benzene rings is 1. The summed E-state index contributed by atoms with van der Waals surface area (Å²) in [6.07, 6.45) is 5.82. The highest BCUT2D eigenvalue weighted by molar-refractivity contribution is 6.06. The number of imidazole rings is 1. The smallest absolute Gasteiger partial charge is 0.259 e. The number of aromatic nitrogens is 2. The molecule has 0 aliphatic carbocycles. The van der Waals surface area contributed by atoms with E-state index in [9.17, 15) is 4.79 Å². The number of hydrogen-bond acceptors (Lipinski definition) is 5. The van der Waals surface area contributed by atoms with Crippen LogP contribution in [-0.2, 0) is 4.74 Å². The van der Waals surface area contributed by atoms with Crippen molar-refractivity contribution in [2.24, 2.45) is 0 Å². The predicted molar refractivity (Wildman–Crippen MR) is 110 cm³/mol. The number of amides is 1. The number of methoxy groups -OCH3 is 1. The molecule has 0 saturated carbocycles. The maximum atomic E-state index is 12.9. The number of carbonyl (C=O) groups excluding carboxylic acids is 1. The first kappa shape index (κ1) is 19.3. The first-order chi connectivity index (χ1) is 14.2. The van der Waals surface area contributed by atoms with Gasteiger partial charge in [0, 0.05) is 37.6 Å². The second-order valence-electron chi connectivity index (χ2n) is 6.96. The molecule has 1 aromatic carbocycles. The lowest BCUT2D eigenvalue weighted by Gasteiger charge is -2.19. The van der Waals surface area contributed by atoms with Crippen LogP contribution in [0.4, 0.5) is 5.69 Å². The van der Waals surface area contributed by atoms with Gasteiger partial charge < -0.3 is 23.9 Å². The fraction of sp³-hybridized carbons (Fsp3) is 0.364. The lowest BCUT2D eigenvalue weighted by atomic mass is 9.97. The van der Waals surface area contributed by atoms with Gasteiger partial charge in [-0.3, -0.25) is 4.79 Å². The Balaban J connectivity index is 1.66. The normalized spacial score (nSPS) is 14.7. The maximum absolute atomic E-state index is 12.9. The molecule has 0 bridgehead atoms. The summed E-state index contributed by atoms with van der Waals surface area (Å²) in [6.45, 7) is 3.93. The van der Waals surface area contributed by atoms with E-state index in [1.54, 1.807) is 25.3 Å². The first-order valence-corrected chi connectivity index (χ1v) is 9.87. The summed E-state index contributed by atoms with van der Waals surface area (Å²) in [5.41, 5.74) is 2.89. The molecule has 1 saturated heterocycles. The minimum atomic E-state index is -0.257. The van der Waals surface area contributed by atoms with Crippen LogP contribution in [0.25, 0.3) is 5.65 Å². The minimum absolute atomic E-state index is 0.257. The summed E-state index contributed by atoms with van der Waals surface area (Å²) < 4.78 is 18.5. The molecule has 4 rings (SSSR count). The Morgan fingerprint density at radius 2 is 2.03 bits per heavy atom. The molecular formula is C22H25N3O4. The van der Waals surface area contributed by atoms with E-state index in [1.807, 2.05) is 35.9 Å². The summed E-state index contributed by atoms with van der Waals surface area (Å²) in [6, 6.07) is 8.99. The van der Waals surface area contributed by atoms with E-state index in [0.29, 0.717) is 35.3 Å². The van der Waals surface area contributed by atoms with Crippen LogP contribution in [0.1, 0.15) is 41.7 Å². The molecular weight excluding hydrogens is 370 g/mol. The van der Waals surface area contributed by atoms with E-state index in [0.717, 1.165) is 37.4 Å². The highest BCUT2D eigenvalue weighted by Crippen LogP contribution is 2.31. The third kappa shape index (κ3) is 4.05. The second kappa shape index (κ2) is 8.53. The number of anilines is 1. The zero-order chi connectivity index (χ0) is 20.2. The van der Waals surface area contributed by atoms with Gasteiger partial charge in [-0.15, -0.1) is 0 Å². The van der Waals surface area contributed by atoms with Crippen molar-refractivity contribution in [3.63, 3.8) is 0 Å². The third-order valence-corrected chi connectivity index (χ3v) is 5.11. The average Bonchev–Trinajstić information content (AvgIpc) is 3.17. The van der Waals surface area contributed by atoms with Crippen LogP contribution in [0, 0.1) is 0 Å². The van der Waals surface area contributed by atoms with Gasteiger partial charge in [-0.1, -0.05) is 12.1 Å². The van der Waals surface area contributed by atoms with E-state index in [-0.39, 0.29) is 5.91 Å². The van der Waals surface area contributed by atoms with Crippen molar-refractivity contribution in [1.29, 1.82) is 0 Å². The fourth-order valence-corrected chi connectivity index (χ4v) is 3.62. The van der Waals surface area contributed by atoms with E-state index < -0.39 is 0 Å². The van der Waals surface area contributed by atoms with Gasteiger partial charge in [0.05, 0.1) is 25.0 Å². The Morgan fingerprint density at radius 3 is 2.79 bits per heavy atom. The monoisotopic (exact) mass is 395 g/mol. The van der Waals surface area contributed by atoms with Crippen LogP contribution in [0.5, 0.6) is 11.5 Å². The van der Waals surface area contributed by atoms with Crippen LogP contribution in [-0.4, -0.2) is 42.2 Å². The molecule has 0 unspecified atom stereocenters. The Hall–Kier alpha value is -3.06. The SMILES string of the molecule is CCOc1cc2nc(C3CCOCC3)cn2cc1NC(=O)c1ccccc1OC. The number of carbonyl (C=O) groups is 1. The van der Waals surface area contributed by atoms with E-state index >= 15 is 0 Å². The highest BCUT2D eigenvalue weighted by atomic mass is 16.5. The Labute approximate surface area is 169 Å². The van der Waals surface area contributed by atoms with Crippen LogP contribution in [0.15, 0.2) is 42.7 Å². The molecule has 1 N–H and O–H groups in total.